The molecule has 0 aromatic heterocycles. The van der Waals surface area contributed by atoms with Gasteiger partial charge >= 0.3 is 0 Å². The molecule has 7 nitrogen and oxygen atoms in total. The van der Waals surface area contributed by atoms with Crippen molar-refractivity contribution in [2.75, 3.05) is 18.1 Å². The van der Waals surface area contributed by atoms with Crippen molar-refractivity contribution in [2.24, 2.45) is 0 Å². The van der Waals surface area contributed by atoms with Crippen LogP contribution < -0.4 is 14.4 Å². The fourth-order valence-corrected chi connectivity index (χ4v) is 4.87. The molecular formula is C27H32N2O5. The van der Waals surface area contributed by atoms with Gasteiger partial charge < -0.3 is 14.4 Å². The van der Waals surface area contributed by atoms with Crippen LogP contribution in [0.4, 0.5) is 5.69 Å². The number of hydrogen-bond donors (Lipinski definition) is 0. The van der Waals surface area contributed by atoms with Crippen molar-refractivity contribution in [3.8, 4) is 11.5 Å². The second kappa shape index (κ2) is 11.2. The minimum Gasteiger partial charge on any atom is -0.494 e. The molecule has 1 saturated carbocycles. The molecule has 3 amide bonds. The quantitative estimate of drug-likeness (QED) is 0.429. The summed E-state index contributed by atoms with van der Waals surface area (Å²) in [6.07, 6.45) is 5.90. The zero-order valence-corrected chi connectivity index (χ0v) is 19.7. The zero-order valence-electron chi connectivity index (χ0n) is 19.7. The molecule has 0 bridgehead atoms. The number of hydrogen-bond acceptors (Lipinski definition) is 5. The number of amides is 3. The van der Waals surface area contributed by atoms with Crippen molar-refractivity contribution in [3.63, 3.8) is 0 Å². The second-order valence-electron chi connectivity index (χ2n) is 8.76. The molecule has 1 saturated heterocycles. The van der Waals surface area contributed by atoms with Crippen LogP contribution in [0.5, 0.6) is 11.5 Å². The maximum absolute atomic E-state index is 13.5. The van der Waals surface area contributed by atoms with Gasteiger partial charge in [0.15, 0.2) is 6.61 Å². The van der Waals surface area contributed by atoms with Crippen LogP contribution in [-0.2, 0) is 14.4 Å². The first-order valence-electron chi connectivity index (χ1n) is 12.2. The molecule has 1 aliphatic heterocycles. The van der Waals surface area contributed by atoms with E-state index in [2.05, 4.69) is 0 Å². The predicted molar refractivity (Wildman–Crippen MR) is 129 cm³/mol. The third-order valence-corrected chi connectivity index (χ3v) is 6.48. The van der Waals surface area contributed by atoms with Crippen LogP contribution in [0.1, 0.15) is 51.9 Å². The SMILES string of the molecule is CCOc1ccc(N2C(=O)CC(N(C(=O)COc3ccccc3)C3CCCCCC3)C2=O)cc1. The average molecular weight is 465 g/mol. The third-order valence-electron chi connectivity index (χ3n) is 6.48. The van der Waals surface area contributed by atoms with Crippen LogP contribution >= 0.6 is 0 Å². The molecule has 1 unspecified atom stereocenters. The van der Waals surface area contributed by atoms with Gasteiger partial charge in [-0.3, -0.25) is 14.4 Å². The molecule has 7 heteroatoms. The fourth-order valence-electron chi connectivity index (χ4n) is 4.87. The Hall–Kier alpha value is -3.35. The Balaban J connectivity index is 1.55. The van der Waals surface area contributed by atoms with E-state index in [0.29, 0.717) is 23.8 Å². The number of para-hydroxylation sites is 1. The van der Waals surface area contributed by atoms with Crippen LogP contribution in [0.25, 0.3) is 0 Å². The number of carbonyl (C=O) groups is 3. The van der Waals surface area contributed by atoms with Crippen LogP contribution in [0.3, 0.4) is 0 Å². The van der Waals surface area contributed by atoms with E-state index >= 15 is 0 Å². The van der Waals surface area contributed by atoms with E-state index in [4.69, 9.17) is 9.47 Å². The highest BCUT2D eigenvalue weighted by Gasteiger charge is 2.46. The molecule has 2 aromatic rings. The molecular weight excluding hydrogens is 432 g/mol. The monoisotopic (exact) mass is 464 g/mol. The Morgan fingerprint density at radius 2 is 1.56 bits per heavy atom. The van der Waals surface area contributed by atoms with Crippen molar-refractivity contribution < 1.29 is 23.9 Å². The number of ether oxygens (including phenoxy) is 2. The van der Waals surface area contributed by atoms with Crippen molar-refractivity contribution in [3.05, 3.63) is 54.6 Å². The molecule has 1 heterocycles. The smallest absolute Gasteiger partial charge is 0.261 e. The lowest BCUT2D eigenvalue weighted by Crippen LogP contribution is -2.52. The van der Waals surface area contributed by atoms with Crippen molar-refractivity contribution in [2.45, 2.75) is 64.0 Å². The standard InChI is InChI=1S/C27H32N2O5/c1-2-33-23-16-14-21(15-17-23)29-25(30)18-24(27(29)32)28(20-10-6-3-4-7-11-20)26(31)19-34-22-12-8-5-9-13-22/h5,8-9,12-17,20,24H,2-4,6-7,10-11,18-19H2,1H3. The highest BCUT2D eigenvalue weighted by Crippen LogP contribution is 2.31. The summed E-state index contributed by atoms with van der Waals surface area (Å²) in [5.74, 6) is 0.369. The molecule has 34 heavy (non-hydrogen) atoms. The van der Waals surface area contributed by atoms with E-state index in [9.17, 15) is 14.4 Å². The topological polar surface area (TPSA) is 76.2 Å². The van der Waals surface area contributed by atoms with Gasteiger partial charge in [-0.05, 0) is 56.2 Å². The Morgan fingerprint density at radius 3 is 2.21 bits per heavy atom. The molecule has 2 aliphatic rings. The summed E-state index contributed by atoms with van der Waals surface area (Å²) in [5.41, 5.74) is 0.495. The summed E-state index contributed by atoms with van der Waals surface area (Å²) >= 11 is 0. The Labute approximate surface area is 200 Å². The first-order chi connectivity index (χ1) is 16.6. The molecule has 1 atom stereocenters. The largest absolute Gasteiger partial charge is 0.494 e. The van der Waals surface area contributed by atoms with Crippen LogP contribution in [0.15, 0.2) is 54.6 Å². The maximum atomic E-state index is 13.5. The lowest BCUT2D eigenvalue weighted by Gasteiger charge is -2.35. The van der Waals surface area contributed by atoms with Crippen molar-refractivity contribution in [1.29, 1.82) is 0 Å². The van der Waals surface area contributed by atoms with E-state index in [1.54, 1.807) is 41.3 Å². The Kier molecular flexibility index (Phi) is 7.83. The van der Waals surface area contributed by atoms with Crippen molar-refractivity contribution in [1.82, 2.24) is 4.90 Å². The maximum Gasteiger partial charge on any atom is 0.261 e. The van der Waals surface area contributed by atoms with E-state index in [0.717, 1.165) is 38.5 Å². The van der Waals surface area contributed by atoms with Gasteiger partial charge in [0.25, 0.3) is 11.8 Å². The van der Waals surface area contributed by atoms with Crippen molar-refractivity contribution >= 4 is 23.4 Å². The summed E-state index contributed by atoms with van der Waals surface area (Å²) < 4.78 is 11.2. The first-order valence-corrected chi connectivity index (χ1v) is 12.2. The number of anilines is 1. The lowest BCUT2D eigenvalue weighted by atomic mass is 10.0. The molecule has 0 radical (unpaired) electrons. The zero-order chi connectivity index (χ0) is 23.9. The van der Waals surface area contributed by atoms with Crippen LogP contribution in [0.2, 0.25) is 0 Å². The number of carbonyl (C=O) groups excluding carboxylic acids is 3. The normalized spacial score (nSPS) is 19.1. The molecule has 4 rings (SSSR count). The predicted octanol–water partition coefficient (Wildman–Crippen LogP) is 4.35. The molecule has 0 spiro atoms. The number of benzene rings is 2. The van der Waals surface area contributed by atoms with Gasteiger partial charge in [0, 0.05) is 6.04 Å². The number of nitrogens with zero attached hydrogens (tertiary/aromatic N) is 2. The molecule has 2 fully saturated rings. The summed E-state index contributed by atoms with van der Waals surface area (Å²) in [6.45, 7) is 2.26. The van der Waals surface area contributed by atoms with Gasteiger partial charge in [0.1, 0.15) is 17.5 Å². The average Bonchev–Trinajstić information content (AvgIpc) is 3.00. The van der Waals surface area contributed by atoms with Gasteiger partial charge in [0.2, 0.25) is 5.91 Å². The van der Waals surface area contributed by atoms with Gasteiger partial charge in [-0.1, -0.05) is 43.9 Å². The van der Waals surface area contributed by atoms with Gasteiger partial charge in [0.05, 0.1) is 18.7 Å². The first kappa shape index (κ1) is 23.8. The Morgan fingerprint density at radius 1 is 0.912 bits per heavy atom. The lowest BCUT2D eigenvalue weighted by molar-refractivity contribution is -0.143. The van der Waals surface area contributed by atoms with Crippen LogP contribution in [-0.4, -0.2) is 47.9 Å². The molecule has 2 aromatic carbocycles. The van der Waals surface area contributed by atoms with E-state index in [1.165, 1.54) is 4.90 Å². The minimum atomic E-state index is -0.811. The summed E-state index contributed by atoms with van der Waals surface area (Å²) in [4.78, 5) is 42.8. The van der Waals surface area contributed by atoms with Gasteiger partial charge in [-0.15, -0.1) is 0 Å². The molecule has 0 N–H and O–H groups in total. The van der Waals surface area contributed by atoms with Crippen LogP contribution in [0, 0.1) is 0 Å². The fraction of sp³-hybridized carbons (Fsp3) is 0.444. The van der Waals surface area contributed by atoms with E-state index in [1.807, 2.05) is 25.1 Å². The minimum absolute atomic E-state index is 0.0143. The molecule has 180 valence electrons. The second-order valence-corrected chi connectivity index (χ2v) is 8.76. The highest BCUT2D eigenvalue weighted by atomic mass is 16.5. The summed E-state index contributed by atoms with van der Waals surface area (Å²) in [5, 5.41) is 0. The van der Waals surface area contributed by atoms with Gasteiger partial charge in [-0.2, -0.15) is 0 Å². The highest BCUT2D eigenvalue weighted by molar-refractivity contribution is 6.23. The van der Waals surface area contributed by atoms with E-state index < -0.39 is 6.04 Å². The Bertz CT molecular complexity index is 984. The van der Waals surface area contributed by atoms with E-state index in [-0.39, 0.29) is 36.8 Å². The molecule has 1 aliphatic carbocycles. The summed E-state index contributed by atoms with van der Waals surface area (Å²) in [7, 11) is 0. The third kappa shape index (κ3) is 5.41. The van der Waals surface area contributed by atoms with Gasteiger partial charge in [-0.25, -0.2) is 4.90 Å². The summed E-state index contributed by atoms with van der Waals surface area (Å²) in [6, 6.07) is 15.2. The number of rotatable bonds is 8. The number of imide groups is 1.